The van der Waals surface area contributed by atoms with E-state index in [9.17, 15) is 4.79 Å². The molecule has 0 bridgehead atoms. The second-order valence-corrected chi connectivity index (χ2v) is 6.30. The maximum atomic E-state index is 12.2. The molecule has 0 atom stereocenters. The van der Waals surface area contributed by atoms with Crippen LogP contribution in [0.15, 0.2) is 11.4 Å². The lowest BCUT2D eigenvalue weighted by atomic mass is 10.1. The predicted octanol–water partition coefficient (Wildman–Crippen LogP) is 2.00. The van der Waals surface area contributed by atoms with Gasteiger partial charge < -0.3 is 10.4 Å². The van der Waals surface area contributed by atoms with Crippen LogP contribution in [0.1, 0.15) is 45.6 Å². The molecule has 0 aromatic carbocycles. The van der Waals surface area contributed by atoms with Crippen LogP contribution < -0.4 is 5.32 Å². The normalized spacial score (nSPS) is 10.3. The third-order valence-corrected chi connectivity index (χ3v) is 4.38. The van der Waals surface area contributed by atoms with Crippen LogP contribution in [0.2, 0.25) is 0 Å². The lowest BCUT2D eigenvalue weighted by molar-refractivity contribution is 0.0954. The fourth-order valence-corrected chi connectivity index (χ4v) is 3.20. The molecule has 0 fully saturated rings. The highest BCUT2D eigenvalue weighted by Gasteiger charge is 2.18. The molecule has 21 heavy (non-hydrogen) atoms. The summed E-state index contributed by atoms with van der Waals surface area (Å²) in [5, 5.41) is 17.5. The van der Waals surface area contributed by atoms with Gasteiger partial charge in [-0.2, -0.15) is 0 Å². The Morgan fingerprint density at radius 2 is 2.33 bits per heavy atom. The van der Waals surface area contributed by atoms with E-state index in [1.54, 1.807) is 0 Å². The first kappa shape index (κ1) is 15.6. The summed E-state index contributed by atoms with van der Waals surface area (Å²) < 4.78 is 3.85. The number of aliphatic hydroxyl groups excluding tert-OH is 1. The Hall–Kier alpha value is -1.75. The molecule has 5 nitrogen and oxygen atoms in total. The average molecular weight is 321 g/mol. The molecule has 7 heteroatoms. The van der Waals surface area contributed by atoms with Gasteiger partial charge in [-0.3, -0.25) is 4.79 Å². The first-order valence-electron chi connectivity index (χ1n) is 6.40. The number of nitrogens with one attached hydrogen (secondary N) is 1. The third kappa shape index (κ3) is 3.88. The molecule has 0 unspecified atom stereocenters. The maximum absolute atomic E-state index is 12.2. The Labute approximate surface area is 131 Å². The number of carbonyl (C=O) groups is 1. The van der Waals surface area contributed by atoms with Gasteiger partial charge in [-0.15, -0.1) is 16.4 Å². The highest BCUT2D eigenvalue weighted by molar-refractivity contribution is 7.10. The van der Waals surface area contributed by atoms with Gasteiger partial charge in [0.2, 0.25) is 0 Å². The fraction of sp³-hybridized carbons (Fsp3) is 0.357. The van der Waals surface area contributed by atoms with Crippen molar-refractivity contribution >= 4 is 28.8 Å². The van der Waals surface area contributed by atoms with Crippen molar-refractivity contribution < 1.29 is 9.90 Å². The third-order valence-electron chi connectivity index (χ3n) is 2.72. The first-order chi connectivity index (χ1) is 10.1. The standard InChI is InChI=1S/C14H15N3O2S2/c1-9(2)12-13(21-17-16-12)14(19)15-8-11-10(4-3-6-18)5-7-20-11/h5,7,9,18H,6,8H2,1-2H3,(H,15,19). The Morgan fingerprint density at radius 1 is 1.52 bits per heavy atom. The van der Waals surface area contributed by atoms with Gasteiger partial charge in [-0.25, -0.2) is 0 Å². The fourth-order valence-electron chi connectivity index (χ4n) is 1.70. The van der Waals surface area contributed by atoms with Crippen molar-refractivity contribution in [2.24, 2.45) is 0 Å². The summed E-state index contributed by atoms with van der Waals surface area (Å²) >= 11 is 2.63. The molecule has 2 aromatic rings. The van der Waals surface area contributed by atoms with Crippen molar-refractivity contribution in [3.8, 4) is 11.8 Å². The molecule has 2 aromatic heterocycles. The van der Waals surface area contributed by atoms with E-state index in [4.69, 9.17) is 5.11 Å². The SMILES string of the molecule is CC(C)c1nnsc1C(=O)NCc1sccc1C#CCO. The number of nitrogens with zero attached hydrogens (tertiary/aromatic N) is 2. The van der Waals surface area contributed by atoms with Gasteiger partial charge in [0.15, 0.2) is 0 Å². The lowest BCUT2D eigenvalue weighted by Gasteiger charge is -2.05. The van der Waals surface area contributed by atoms with E-state index in [1.807, 2.05) is 25.3 Å². The Kier molecular flexibility index (Phi) is 5.44. The molecule has 2 heterocycles. The second-order valence-electron chi connectivity index (χ2n) is 4.54. The van der Waals surface area contributed by atoms with Crippen LogP contribution in [-0.2, 0) is 6.54 Å². The lowest BCUT2D eigenvalue weighted by Crippen LogP contribution is -2.23. The average Bonchev–Trinajstić information content (AvgIpc) is 3.11. The zero-order chi connectivity index (χ0) is 15.2. The molecule has 0 saturated heterocycles. The Morgan fingerprint density at radius 3 is 3.05 bits per heavy atom. The van der Waals surface area contributed by atoms with Crippen LogP contribution in [0.4, 0.5) is 0 Å². The largest absolute Gasteiger partial charge is 0.384 e. The molecule has 0 aliphatic rings. The van der Waals surface area contributed by atoms with Crippen LogP contribution in [0.3, 0.4) is 0 Å². The monoisotopic (exact) mass is 321 g/mol. The molecule has 1 amide bonds. The molecule has 0 spiro atoms. The van der Waals surface area contributed by atoms with Crippen LogP contribution in [0.5, 0.6) is 0 Å². The number of rotatable bonds is 4. The minimum Gasteiger partial charge on any atom is -0.384 e. The summed E-state index contributed by atoms with van der Waals surface area (Å²) in [7, 11) is 0. The summed E-state index contributed by atoms with van der Waals surface area (Å²) in [4.78, 5) is 13.7. The van der Waals surface area contributed by atoms with Gasteiger partial charge in [0.25, 0.3) is 5.91 Å². The number of carbonyl (C=O) groups excluding carboxylic acids is 1. The summed E-state index contributed by atoms with van der Waals surface area (Å²) in [5.41, 5.74) is 1.56. The molecule has 0 aliphatic carbocycles. The van der Waals surface area contributed by atoms with E-state index in [0.717, 1.165) is 27.7 Å². The highest BCUT2D eigenvalue weighted by atomic mass is 32.1. The summed E-state index contributed by atoms with van der Waals surface area (Å²) in [6.45, 7) is 4.19. The smallest absolute Gasteiger partial charge is 0.265 e. The molecule has 110 valence electrons. The quantitative estimate of drug-likeness (QED) is 0.845. The van der Waals surface area contributed by atoms with Gasteiger partial charge in [-0.05, 0) is 28.9 Å². The van der Waals surface area contributed by atoms with Crippen LogP contribution in [0, 0.1) is 11.8 Å². The van der Waals surface area contributed by atoms with Gasteiger partial charge in [0, 0.05) is 10.4 Å². The molecule has 2 rings (SSSR count). The first-order valence-corrected chi connectivity index (χ1v) is 8.05. The molecule has 0 saturated carbocycles. The number of thiophene rings is 1. The van der Waals surface area contributed by atoms with Crippen molar-refractivity contribution in [3.05, 3.63) is 32.5 Å². The maximum Gasteiger partial charge on any atom is 0.265 e. The van der Waals surface area contributed by atoms with Crippen LogP contribution >= 0.6 is 22.9 Å². The van der Waals surface area contributed by atoms with Crippen LogP contribution in [0.25, 0.3) is 0 Å². The molecule has 2 N–H and O–H groups in total. The van der Waals surface area contributed by atoms with E-state index in [1.165, 1.54) is 11.3 Å². The van der Waals surface area contributed by atoms with Gasteiger partial charge >= 0.3 is 0 Å². The van der Waals surface area contributed by atoms with Crippen molar-refractivity contribution in [1.29, 1.82) is 0 Å². The van der Waals surface area contributed by atoms with Crippen molar-refractivity contribution in [2.75, 3.05) is 6.61 Å². The zero-order valence-corrected chi connectivity index (χ0v) is 13.3. The zero-order valence-electron chi connectivity index (χ0n) is 11.7. The number of amides is 1. The van der Waals surface area contributed by atoms with Crippen molar-refractivity contribution in [2.45, 2.75) is 26.3 Å². The molecule has 0 radical (unpaired) electrons. The number of aliphatic hydroxyl groups is 1. The molecular formula is C14H15N3O2S2. The Bertz CT molecular complexity index is 680. The number of hydrogen-bond donors (Lipinski definition) is 2. The van der Waals surface area contributed by atoms with E-state index in [0.29, 0.717) is 11.4 Å². The van der Waals surface area contributed by atoms with Crippen LogP contribution in [-0.4, -0.2) is 27.2 Å². The minimum atomic E-state index is -0.175. The van der Waals surface area contributed by atoms with E-state index in [2.05, 4.69) is 26.7 Å². The van der Waals surface area contributed by atoms with Gasteiger partial charge in [0.1, 0.15) is 11.5 Å². The summed E-state index contributed by atoms with van der Waals surface area (Å²) in [5.74, 6) is 5.48. The second kappa shape index (κ2) is 7.31. The highest BCUT2D eigenvalue weighted by Crippen LogP contribution is 2.20. The van der Waals surface area contributed by atoms with E-state index < -0.39 is 0 Å². The molecule has 0 aliphatic heterocycles. The van der Waals surface area contributed by atoms with Crippen molar-refractivity contribution in [3.63, 3.8) is 0 Å². The summed E-state index contributed by atoms with van der Waals surface area (Å²) in [6, 6.07) is 1.88. The predicted molar refractivity (Wildman–Crippen MR) is 83.5 cm³/mol. The van der Waals surface area contributed by atoms with Crippen molar-refractivity contribution in [1.82, 2.24) is 14.9 Å². The Balaban J connectivity index is 2.05. The van der Waals surface area contributed by atoms with E-state index >= 15 is 0 Å². The minimum absolute atomic E-state index is 0.164. The topological polar surface area (TPSA) is 75.1 Å². The van der Waals surface area contributed by atoms with E-state index in [-0.39, 0.29) is 18.4 Å². The number of hydrogen-bond acceptors (Lipinski definition) is 6. The summed E-state index contributed by atoms with van der Waals surface area (Å²) in [6.07, 6.45) is 0. The van der Waals surface area contributed by atoms with Gasteiger partial charge in [0.05, 0.1) is 12.2 Å². The van der Waals surface area contributed by atoms with Gasteiger partial charge in [-0.1, -0.05) is 30.2 Å². The molecular weight excluding hydrogens is 306 g/mol. The number of aromatic nitrogens is 2.